The summed E-state index contributed by atoms with van der Waals surface area (Å²) in [6.45, 7) is 2.94. The lowest BCUT2D eigenvalue weighted by molar-refractivity contribution is 0.563. The number of terminal acetylenes is 1. The molecule has 1 heterocycles. The maximum absolute atomic E-state index is 5.49. The van der Waals surface area contributed by atoms with Gasteiger partial charge in [-0.3, -0.25) is 5.32 Å². The Kier molecular flexibility index (Phi) is 4.77. The molecule has 3 heteroatoms. The summed E-state index contributed by atoms with van der Waals surface area (Å²) in [6.07, 6.45) is 11.3. The van der Waals surface area contributed by atoms with Crippen LogP contribution in [0.4, 0.5) is 0 Å². The lowest BCUT2D eigenvalue weighted by atomic mass is 10.1. The highest BCUT2D eigenvalue weighted by molar-refractivity contribution is 5.33. The molecule has 1 N–H and O–H groups in total. The molecule has 98 valence electrons. The topological polar surface area (TPSA) is 29.9 Å². The van der Waals surface area contributed by atoms with Crippen molar-refractivity contribution in [3.8, 4) is 18.0 Å². The first kappa shape index (κ1) is 13.4. The van der Waals surface area contributed by atoms with Crippen molar-refractivity contribution >= 4 is 0 Å². The Morgan fingerprint density at radius 3 is 2.74 bits per heavy atom. The van der Waals surface area contributed by atoms with Gasteiger partial charge in [-0.25, -0.2) is 4.68 Å². The molecule has 0 aliphatic heterocycles. The monoisotopic (exact) mass is 253 g/mol. The molecule has 3 nitrogen and oxygen atoms in total. The summed E-state index contributed by atoms with van der Waals surface area (Å²) in [4.78, 5) is 0. The van der Waals surface area contributed by atoms with Crippen LogP contribution >= 0.6 is 0 Å². The highest BCUT2D eigenvalue weighted by atomic mass is 15.3. The molecule has 0 amide bonds. The first-order chi connectivity index (χ1) is 9.33. The summed E-state index contributed by atoms with van der Waals surface area (Å²) in [5, 5.41) is 7.58. The van der Waals surface area contributed by atoms with Gasteiger partial charge in [0.05, 0.1) is 11.7 Å². The Balaban J connectivity index is 1.94. The summed E-state index contributed by atoms with van der Waals surface area (Å²) >= 11 is 0. The number of hydrogen-bond donors (Lipinski definition) is 1. The van der Waals surface area contributed by atoms with Gasteiger partial charge in [0.15, 0.2) is 0 Å². The van der Waals surface area contributed by atoms with Gasteiger partial charge in [-0.2, -0.15) is 5.10 Å². The molecule has 1 unspecified atom stereocenters. The molecular weight excluding hydrogens is 234 g/mol. The lowest BCUT2D eigenvalue weighted by Crippen LogP contribution is -2.26. The van der Waals surface area contributed by atoms with Crippen LogP contribution in [-0.2, 0) is 6.54 Å². The summed E-state index contributed by atoms with van der Waals surface area (Å²) < 4.78 is 1.85. The fraction of sp³-hybridized carbons (Fsp3) is 0.312. The lowest BCUT2D eigenvalue weighted by Gasteiger charge is -2.12. The quantitative estimate of drug-likeness (QED) is 0.802. The van der Waals surface area contributed by atoms with Crippen molar-refractivity contribution in [2.75, 3.05) is 0 Å². The number of nitrogens with zero attached hydrogens (tertiary/aromatic N) is 2. The maximum Gasteiger partial charge on any atom is 0.0689 e. The molecule has 1 aromatic carbocycles. The zero-order valence-corrected chi connectivity index (χ0v) is 11.2. The van der Waals surface area contributed by atoms with E-state index in [0.717, 1.165) is 25.1 Å². The van der Waals surface area contributed by atoms with Crippen LogP contribution in [0.15, 0.2) is 42.7 Å². The van der Waals surface area contributed by atoms with Gasteiger partial charge >= 0.3 is 0 Å². The molecule has 1 atom stereocenters. The van der Waals surface area contributed by atoms with Crippen LogP contribution in [0.3, 0.4) is 0 Å². The second-order valence-electron chi connectivity index (χ2n) is 4.51. The average molecular weight is 253 g/mol. The highest BCUT2D eigenvalue weighted by Crippen LogP contribution is 2.09. The molecule has 0 bridgehead atoms. The smallest absolute Gasteiger partial charge is 0.0689 e. The Bertz CT molecular complexity index is 520. The molecular formula is C16H19N3. The Labute approximate surface area is 114 Å². The van der Waals surface area contributed by atoms with E-state index in [2.05, 4.69) is 47.5 Å². The van der Waals surface area contributed by atoms with Gasteiger partial charge in [0.2, 0.25) is 0 Å². The molecule has 19 heavy (non-hydrogen) atoms. The van der Waals surface area contributed by atoms with E-state index in [0.29, 0.717) is 0 Å². The molecule has 2 aromatic rings. The van der Waals surface area contributed by atoms with E-state index in [1.807, 2.05) is 16.9 Å². The Morgan fingerprint density at radius 1 is 1.37 bits per heavy atom. The van der Waals surface area contributed by atoms with Gasteiger partial charge in [-0.15, -0.1) is 6.42 Å². The molecule has 1 aromatic heterocycles. The highest BCUT2D eigenvalue weighted by Gasteiger charge is 2.03. The summed E-state index contributed by atoms with van der Waals surface area (Å²) in [7, 11) is 0. The fourth-order valence-corrected chi connectivity index (χ4v) is 1.96. The standard InChI is InChI=1S/C16H19N3/c1-3-6-15(4-2)17-13-14-7-9-16(10-8-14)19-12-5-11-18-19/h2,5,7-12,15,17H,3,6,13H2,1H3. The first-order valence-electron chi connectivity index (χ1n) is 6.62. The number of benzene rings is 1. The van der Waals surface area contributed by atoms with Crippen molar-refractivity contribution in [2.24, 2.45) is 0 Å². The van der Waals surface area contributed by atoms with Crippen LogP contribution in [0.1, 0.15) is 25.3 Å². The second kappa shape index (κ2) is 6.77. The van der Waals surface area contributed by atoms with E-state index in [4.69, 9.17) is 6.42 Å². The fourth-order valence-electron chi connectivity index (χ4n) is 1.96. The van der Waals surface area contributed by atoms with Crippen LogP contribution in [0.25, 0.3) is 5.69 Å². The van der Waals surface area contributed by atoms with E-state index >= 15 is 0 Å². The summed E-state index contributed by atoms with van der Waals surface area (Å²) in [5.74, 6) is 2.78. The Morgan fingerprint density at radius 2 is 2.16 bits per heavy atom. The Hall–Kier alpha value is -2.05. The van der Waals surface area contributed by atoms with Crippen LogP contribution in [0.2, 0.25) is 0 Å². The van der Waals surface area contributed by atoms with Crippen LogP contribution in [0, 0.1) is 12.3 Å². The van der Waals surface area contributed by atoms with Gasteiger partial charge in [0, 0.05) is 18.9 Å². The van der Waals surface area contributed by atoms with Gasteiger partial charge in [-0.05, 0) is 30.2 Å². The summed E-state index contributed by atoms with van der Waals surface area (Å²) in [6, 6.07) is 10.4. The molecule has 0 saturated heterocycles. The van der Waals surface area contributed by atoms with Crippen molar-refractivity contribution in [1.29, 1.82) is 0 Å². The third-order valence-corrected chi connectivity index (χ3v) is 3.04. The number of rotatable bonds is 6. The van der Waals surface area contributed by atoms with Crippen molar-refractivity contribution in [3.63, 3.8) is 0 Å². The normalized spacial score (nSPS) is 12.0. The van der Waals surface area contributed by atoms with Crippen molar-refractivity contribution in [1.82, 2.24) is 15.1 Å². The molecule has 0 aliphatic rings. The number of aromatic nitrogens is 2. The van der Waals surface area contributed by atoms with Gasteiger partial charge in [-0.1, -0.05) is 31.4 Å². The van der Waals surface area contributed by atoms with E-state index < -0.39 is 0 Å². The molecule has 0 radical (unpaired) electrons. The van der Waals surface area contributed by atoms with Gasteiger partial charge < -0.3 is 0 Å². The van der Waals surface area contributed by atoms with E-state index in [-0.39, 0.29) is 6.04 Å². The predicted molar refractivity (Wildman–Crippen MR) is 77.9 cm³/mol. The van der Waals surface area contributed by atoms with Crippen molar-refractivity contribution < 1.29 is 0 Å². The van der Waals surface area contributed by atoms with Crippen LogP contribution < -0.4 is 5.32 Å². The zero-order chi connectivity index (χ0) is 13.5. The third-order valence-electron chi connectivity index (χ3n) is 3.04. The number of nitrogens with one attached hydrogen (secondary N) is 1. The minimum absolute atomic E-state index is 0.163. The van der Waals surface area contributed by atoms with Crippen LogP contribution in [-0.4, -0.2) is 15.8 Å². The predicted octanol–water partition coefficient (Wildman–Crippen LogP) is 2.76. The molecule has 0 spiro atoms. The zero-order valence-electron chi connectivity index (χ0n) is 11.2. The minimum Gasteiger partial charge on any atom is -0.300 e. The average Bonchev–Trinajstić information content (AvgIpc) is 2.98. The molecule has 0 aliphatic carbocycles. The molecule has 2 rings (SSSR count). The van der Waals surface area contributed by atoms with Gasteiger partial charge in [0.25, 0.3) is 0 Å². The third kappa shape index (κ3) is 3.70. The van der Waals surface area contributed by atoms with Crippen molar-refractivity contribution in [3.05, 3.63) is 48.3 Å². The van der Waals surface area contributed by atoms with E-state index in [1.54, 1.807) is 6.20 Å². The number of hydrogen-bond acceptors (Lipinski definition) is 2. The SMILES string of the molecule is C#CC(CCC)NCc1ccc(-n2cccn2)cc1. The molecule has 0 fully saturated rings. The molecule has 0 saturated carbocycles. The van der Waals surface area contributed by atoms with Crippen LogP contribution in [0.5, 0.6) is 0 Å². The maximum atomic E-state index is 5.49. The second-order valence-corrected chi connectivity index (χ2v) is 4.51. The minimum atomic E-state index is 0.163. The first-order valence-corrected chi connectivity index (χ1v) is 6.62. The van der Waals surface area contributed by atoms with Gasteiger partial charge in [0.1, 0.15) is 0 Å². The van der Waals surface area contributed by atoms with Crippen molar-refractivity contribution in [2.45, 2.75) is 32.4 Å². The largest absolute Gasteiger partial charge is 0.300 e. The van der Waals surface area contributed by atoms with E-state index in [9.17, 15) is 0 Å². The van der Waals surface area contributed by atoms with E-state index in [1.165, 1.54) is 5.56 Å². The summed E-state index contributed by atoms with van der Waals surface area (Å²) in [5.41, 5.74) is 2.29.